The van der Waals surface area contributed by atoms with E-state index in [4.69, 9.17) is 19.9 Å². The lowest BCUT2D eigenvalue weighted by Crippen LogP contribution is -2.24. The highest BCUT2D eigenvalue weighted by Gasteiger charge is 2.29. The lowest BCUT2D eigenvalue weighted by Gasteiger charge is -2.25. The second kappa shape index (κ2) is 15.4. The fraction of sp³-hybridized carbons (Fsp3) is 0.0545. The van der Waals surface area contributed by atoms with Crippen molar-refractivity contribution in [3.63, 3.8) is 0 Å². The molecule has 10 rings (SSSR count). The molecule has 0 spiro atoms. The van der Waals surface area contributed by atoms with Crippen molar-refractivity contribution in [2.24, 2.45) is 0 Å². The van der Waals surface area contributed by atoms with Gasteiger partial charge in [-0.05, 0) is 69.6 Å². The predicted octanol–water partition coefficient (Wildman–Crippen LogP) is 13.9. The second-order valence-corrected chi connectivity index (χ2v) is 15.3. The molecule has 9 aromatic rings. The van der Waals surface area contributed by atoms with E-state index >= 15 is 0 Å². The summed E-state index contributed by atoms with van der Waals surface area (Å²) in [6, 6.07) is 66.1. The minimum atomic E-state index is -0.312. The quantitative estimate of drug-likeness (QED) is 0.155. The zero-order chi connectivity index (χ0) is 39.6. The van der Waals surface area contributed by atoms with Gasteiger partial charge in [-0.3, -0.25) is 0 Å². The van der Waals surface area contributed by atoms with E-state index in [0.717, 1.165) is 62.6 Å². The Morgan fingerprint density at radius 3 is 1.36 bits per heavy atom. The Labute approximate surface area is 345 Å². The van der Waals surface area contributed by atoms with E-state index < -0.39 is 0 Å². The molecule has 0 aliphatic heterocycles. The molecule has 280 valence electrons. The van der Waals surface area contributed by atoms with Gasteiger partial charge in [0, 0.05) is 27.7 Å². The van der Waals surface area contributed by atoms with Gasteiger partial charge in [-0.25, -0.2) is 19.9 Å². The highest BCUT2D eigenvalue weighted by molar-refractivity contribution is 6.04. The molecule has 0 saturated carbocycles. The van der Waals surface area contributed by atoms with Gasteiger partial charge >= 0.3 is 0 Å². The Balaban J connectivity index is 0.981. The number of nitrogens with zero attached hydrogens (tertiary/aromatic N) is 4. The molecule has 4 nitrogen and oxygen atoms in total. The summed E-state index contributed by atoms with van der Waals surface area (Å²) in [5.74, 6) is 2.13. The van der Waals surface area contributed by atoms with Gasteiger partial charge in [0.25, 0.3) is 0 Å². The molecule has 59 heavy (non-hydrogen) atoms. The van der Waals surface area contributed by atoms with E-state index in [0.29, 0.717) is 11.6 Å². The third-order valence-electron chi connectivity index (χ3n) is 11.3. The predicted molar refractivity (Wildman–Crippen MR) is 243 cm³/mol. The van der Waals surface area contributed by atoms with Crippen LogP contribution in [0.3, 0.4) is 0 Å². The summed E-state index contributed by atoms with van der Waals surface area (Å²) in [6.07, 6.45) is 9.37. The highest BCUT2D eigenvalue weighted by atomic mass is 15.0. The number of fused-ring (bicyclic) bond motifs is 1. The first kappa shape index (κ1) is 35.8. The maximum atomic E-state index is 5.15. The van der Waals surface area contributed by atoms with Crippen molar-refractivity contribution in [1.82, 2.24) is 19.9 Å². The molecular formula is C55H40N4. The zero-order valence-corrected chi connectivity index (χ0v) is 32.7. The summed E-state index contributed by atoms with van der Waals surface area (Å²) < 4.78 is 0. The van der Waals surface area contributed by atoms with E-state index in [2.05, 4.69) is 195 Å². The Morgan fingerprint density at radius 2 is 0.831 bits per heavy atom. The molecule has 1 aliphatic rings. The first-order valence-electron chi connectivity index (χ1n) is 20.1. The van der Waals surface area contributed by atoms with Crippen LogP contribution in [0.4, 0.5) is 0 Å². The maximum Gasteiger partial charge on any atom is 0.163 e. The van der Waals surface area contributed by atoms with Gasteiger partial charge in [-0.1, -0.05) is 200 Å². The maximum absolute atomic E-state index is 5.15. The second-order valence-electron chi connectivity index (χ2n) is 15.3. The molecule has 0 radical (unpaired) electrons. The molecule has 0 bridgehead atoms. The number of rotatable bonds is 8. The molecule has 7 aromatic carbocycles. The van der Waals surface area contributed by atoms with Crippen molar-refractivity contribution in [2.45, 2.75) is 18.8 Å². The molecular weight excluding hydrogens is 717 g/mol. The number of aromatic nitrogens is 4. The Morgan fingerprint density at radius 1 is 0.373 bits per heavy atom. The van der Waals surface area contributed by atoms with Gasteiger partial charge < -0.3 is 0 Å². The molecule has 2 aromatic heterocycles. The van der Waals surface area contributed by atoms with Crippen LogP contribution in [0.15, 0.2) is 212 Å². The topological polar surface area (TPSA) is 51.6 Å². The molecule has 0 saturated heterocycles. The van der Waals surface area contributed by atoms with Crippen LogP contribution in [0, 0.1) is 0 Å². The average molecular weight is 757 g/mol. The van der Waals surface area contributed by atoms with E-state index in [-0.39, 0.29) is 5.41 Å². The van der Waals surface area contributed by atoms with Gasteiger partial charge in [0.15, 0.2) is 11.6 Å². The molecule has 0 fully saturated rings. The van der Waals surface area contributed by atoms with Crippen LogP contribution in [-0.4, -0.2) is 19.9 Å². The third kappa shape index (κ3) is 7.17. The third-order valence-corrected chi connectivity index (χ3v) is 11.3. The lowest BCUT2D eigenvalue weighted by molar-refractivity contribution is 0.554. The fourth-order valence-electron chi connectivity index (χ4n) is 8.04. The van der Waals surface area contributed by atoms with Crippen LogP contribution >= 0.6 is 0 Å². The largest absolute Gasteiger partial charge is 0.248 e. The summed E-state index contributed by atoms with van der Waals surface area (Å²) in [6.45, 7) is 2.19. The van der Waals surface area contributed by atoms with Crippen LogP contribution in [0.1, 0.15) is 19.2 Å². The van der Waals surface area contributed by atoms with Crippen LogP contribution in [0.5, 0.6) is 0 Å². The summed E-state index contributed by atoms with van der Waals surface area (Å²) in [5, 5.41) is 2.40. The van der Waals surface area contributed by atoms with E-state index in [1.54, 1.807) is 0 Å². The summed E-state index contributed by atoms with van der Waals surface area (Å²) in [4.78, 5) is 20.2. The molecule has 2 heterocycles. The first-order valence-corrected chi connectivity index (χ1v) is 20.1. The molecule has 1 aliphatic carbocycles. The Bertz CT molecular complexity index is 2930. The molecule has 1 atom stereocenters. The van der Waals surface area contributed by atoms with Crippen LogP contribution < -0.4 is 0 Å². The highest BCUT2D eigenvalue weighted by Crippen LogP contribution is 2.38. The fourth-order valence-corrected chi connectivity index (χ4v) is 8.04. The molecule has 0 N–H and O–H groups in total. The Hall–Kier alpha value is -7.56. The van der Waals surface area contributed by atoms with E-state index in [1.807, 2.05) is 24.3 Å². The number of allylic oxidation sites excluding steroid dienone is 4. The Kier molecular flexibility index (Phi) is 9.36. The lowest BCUT2D eigenvalue weighted by atomic mass is 9.83. The van der Waals surface area contributed by atoms with Gasteiger partial charge in [0.2, 0.25) is 0 Å². The minimum absolute atomic E-state index is 0.312. The SMILES string of the molecule is CC1(c2nc(-c3ccccc3)nc(-c3ccc(-c4cccc5c(-c6ccc(-c7cc(-c8ccccc8)cc(-c8ccccc8)n7)cc6)cccc45)cc3)n2)C=CC=CC1. The van der Waals surface area contributed by atoms with Crippen LogP contribution in [0.25, 0.3) is 89.4 Å². The van der Waals surface area contributed by atoms with Crippen molar-refractivity contribution >= 4 is 10.8 Å². The number of hydrogen-bond donors (Lipinski definition) is 0. The standard InChI is InChI=1S/C55H40N4/c1-55(34-12-5-13-35-55)54-58-52(43-20-10-4-11-21-43)57-53(59-54)44-32-28-40(29-33-44)47-23-15-24-48-46(22-14-25-49(47)48)39-26-30-42(31-27-39)51-37-45(38-16-6-2-7-17-38)36-50(56-51)41-18-8-3-9-19-41/h2-34,36-37H,35H2,1H3. The smallest absolute Gasteiger partial charge is 0.163 e. The van der Waals surface area contributed by atoms with Gasteiger partial charge in [0.05, 0.1) is 11.4 Å². The molecule has 0 amide bonds. The molecule has 4 heteroatoms. The first-order chi connectivity index (χ1) is 29.1. The number of benzene rings is 7. The molecule has 1 unspecified atom stereocenters. The van der Waals surface area contributed by atoms with E-state index in [1.165, 1.54) is 27.5 Å². The van der Waals surface area contributed by atoms with Crippen molar-refractivity contribution in [3.8, 4) is 78.7 Å². The van der Waals surface area contributed by atoms with Gasteiger partial charge in [-0.15, -0.1) is 0 Å². The zero-order valence-electron chi connectivity index (χ0n) is 32.7. The van der Waals surface area contributed by atoms with Crippen LogP contribution in [0.2, 0.25) is 0 Å². The average Bonchev–Trinajstić information content (AvgIpc) is 3.32. The van der Waals surface area contributed by atoms with Crippen molar-refractivity contribution in [2.75, 3.05) is 0 Å². The summed E-state index contributed by atoms with van der Waals surface area (Å²) in [5.41, 5.74) is 12.7. The van der Waals surface area contributed by atoms with E-state index in [9.17, 15) is 0 Å². The monoisotopic (exact) mass is 756 g/mol. The van der Waals surface area contributed by atoms with Crippen molar-refractivity contribution in [3.05, 3.63) is 218 Å². The van der Waals surface area contributed by atoms with Gasteiger partial charge in [-0.2, -0.15) is 0 Å². The number of hydrogen-bond acceptors (Lipinski definition) is 4. The van der Waals surface area contributed by atoms with Crippen molar-refractivity contribution in [1.29, 1.82) is 0 Å². The summed E-state index contributed by atoms with van der Waals surface area (Å²) in [7, 11) is 0. The van der Waals surface area contributed by atoms with Gasteiger partial charge in [0.1, 0.15) is 5.82 Å². The minimum Gasteiger partial charge on any atom is -0.248 e. The van der Waals surface area contributed by atoms with Crippen LogP contribution in [-0.2, 0) is 5.41 Å². The normalized spacial score (nSPS) is 14.7. The summed E-state index contributed by atoms with van der Waals surface area (Å²) >= 11 is 0. The van der Waals surface area contributed by atoms with Crippen molar-refractivity contribution < 1.29 is 0 Å². The number of pyridine rings is 1.